The minimum Gasteiger partial charge on any atom is -0.477 e. The third-order valence-electron chi connectivity index (χ3n) is 3.43. The van der Waals surface area contributed by atoms with Crippen molar-refractivity contribution in [3.63, 3.8) is 0 Å². The zero-order valence-corrected chi connectivity index (χ0v) is 14.6. The monoisotopic (exact) mass is 358 g/mol. The molecule has 0 radical (unpaired) electrons. The van der Waals surface area contributed by atoms with E-state index in [1.165, 1.54) is 6.26 Å². The second-order valence-corrected chi connectivity index (χ2v) is 6.25. The lowest BCUT2D eigenvalue weighted by Crippen LogP contribution is -2.33. The Morgan fingerprint density at radius 3 is 1.92 bits per heavy atom. The van der Waals surface area contributed by atoms with E-state index in [1.807, 2.05) is 12.1 Å². The fraction of sp³-hybridized carbons (Fsp3) is 0.105. The highest BCUT2D eigenvalue weighted by Crippen LogP contribution is 2.48. The molecule has 0 bridgehead atoms. The van der Waals surface area contributed by atoms with E-state index in [-0.39, 0.29) is 5.76 Å². The summed E-state index contributed by atoms with van der Waals surface area (Å²) in [4.78, 5) is 18.7. The summed E-state index contributed by atoms with van der Waals surface area (Å²) in [6.45, 7) is 5.30. The molecule has 0 saturated heterocycles. The van der Waals surface area contributed by atoms with Gasteiger partial charge in [0.05, 0.1) is 6.26 Å². The lowest BCUT2D eigenvalue weighted by atomic mass is 9.84. The molecule has 2 rings (SSSR count). The Morgan fingerprint density at radius 2 is 1.56 bits per heavy atom. The Balaban J connectivity index is 2.80. The summed E-state index contributed by atoms with van der Waals surface area (Å²) >= 11 is 0. The van der Waals surface area contributed by atoms with Crippen molar-refractivity contribution in [1.82, 2.24) is 0 Å². The van der Waals surface area contributed by atoms with Gasteiger partial charge in [0, 0.05) is 11.1 Å². The third-order valence-corrected chi connectivity index (χ3v) is 3.85. The van der Waals surface area contributed by atoms with Crippen LogP contribution in [0.4, 0.5) is 0 Å². The lowest BCUT2D eigenvalue weighted by molar-refractivity contribution is 0.0492. The average Bonchev–Trinajstić information content (AvgIpc) is 2.62. The fourth-order valence-electron chi connectivity index (χ4n) is 2.47. The summed E-state index contributed by atoms with van der Waals surface area (Å²) in [6, 6.07) is 17.9. The van der Waals surface area contributed by atoms with Gasteiger partial charge >= 0.3 is 7.82 Å². The Labute approximate surface area is 146 Å². The zero-order valence-electron chi connectivity index (χ0n) is 13.7. The first-order valence-electron chi connectivity index (χ1n) is 7.49. The Morgan fingerprint density at radius 1 is 1.08 bits per heavy atom. The minimum absolute atomic E-state index is 0.226. The van der Waals surface area contributed by atoms with E-state index in [4.69, 9.17) is 9.26 Å². The van der Waals surface area contributed by atoms with Crippen LogP contribution in [0.25, 0.3) is 0 Å². The molecule has 25 heavy (non-hydrogen) atoms. The molecule has 2 aromatic rings. The second-order valence-electron chi connectivity index (χ2n) is 5.09. The number of hydrogen-bond donors (Lipinski definition) is 2. The molecule has 0 fully saturated rings. The van der Waals surface area contributed by atoms with Crippen LogP contribution in [0.2, 0.25) is 0 Å². The second kappa shape index (κ2) is 8.02. The summed E-state index contributed by atoms with van der Waals surface area (Å²) < 4.78 is 22.4. The Bertz CT molecular complexity index is 778. The Hall–Kier alpha value is -2.55. The van der Waals surface area contributed by atoms with Gasteiger partial charge in [0.1, 0.15) is 0 Å². The summed E-state index contributed by atoms with van der Waals surface area (Å²) in [5.41, 5.74) is 2.27. The number of benzene rings is 2. The van der Waals surface area contributed by atoms with Crippen molar-refractivity contribution in [2.75, 3.05) is 0 Å². The number of phosphoric ester groups is 1. The third kappa shape index (κ3) is 4.30. The first-order chi connectivity index (χ1) is 11.9. The predicted molar refractivity (Wildman–Crippen MR) is 95.3 cm³/mol. The van der Waals surface area contributed by atoms with Crippen molar-refractivity contribution < 1.29 is 23.6 Å². The van der Waals surface area contributed by atoms with Crippen molar-refractivity contribution in [3.8, 4) is 0 Å². The molecule has 2 N–H and O–H groups in total. The van der Waals surface area contributed by atoms with Crippen LogP contribution >= 0.6 is 7.82 Å². The number of ether oxygens (including phenoxy) is 1. The summed E-state index contributed by atoms with van der Waals surface area (Å²) in [5.74, 6) is -0.226. The number of phosphoric acid groups is 1. The molecule has 5 nitrogen and oxygen atoms in total. The van der Waals surface area contributed by atoms with Crippen LogP contribution < -0.4 is 0 Å². The molecule has 0 heterocycles. The predicted octanol–water partition coefficient (Wildman–Crippen LogP) is 4.26. The molecule has 0 aliphatic rings. The van der Waals surface area contributed by atoms with E-state index in [0.717, 1.165) is 0 Å². The molecule has 2 aromatic carbocycles. The molecule has 0 amide bonds. The van der Waals surface area contributed by atoms with E-state index in [2.05, 4.69) is 12.3 Å². The van der Waals surface area contributed by atoms with Gasteiger partial charge in [-0.15, -0.1) is 0 Å². The van der Waals surface area contributed by atoms with Crippen LogP contribution in [-0.2, 0) is 19.4 Å². The molecule has 0 aliphatic carbocycles. The molecular formula is C19H19O5P. The van der Waals surface area contributed by atoms with Gasteiger partial charge in [-0.3, -0.25) is 9.79 Å². The number of rotatable bonds is 7. The van der Waals surface area contributed by atoms with Gasteiger partial charge in [0.2, 0.25) is 11.4 Å². The SMILES string of the molecule is C=C=C(OP(=O)(O)O)C(OC=CC)(c1ccccc1)c1ccccc1. The van der Waals surface area contributed by atoms with Crippen molar-refractivity contribution in [2.45, 2.75) is 12.5 Å². The molecule has 0 atom stereocenters. The van der Waals surface area contributed by atoms with E-state index in [0.29, 0.717) is 11.1 Å². The minimum atomic E-state index is -4.85. The van der Waals surface area contributed by atoms with E-state index in [1.54, 1.807) is 61.5 Å². The first-order valence-corrected chi connectivity index (χ1v) is 9.02. The highest BCUT2D eigenvalue weighted by molar-refractivity contribution is 7.46. The molecule has 0 aliphatic heterocycles. The first kappa shape index (κ1) is 18.8. The van der Waals surface area contributed by atoms with Gasteiger partial charge in [0.15, 0.2) is 0 Å². The Kier molecular flexibility index (Phi) is 6.02. The largest absolute Gasteiger partial charge is 0.525 e. The summed E-state index contributed by atoms with van der Waals surface area (Å²) in [5, 5.41) is 0. The maximum atomic E-state index is 11.5. The van der Waals surface area contributed by atoms with Gasteiger partial charge in [-0.25, -0.2) is 4.57 Å². The van der Waals surface area contributed by atoms with Crippen LogP contribution in [0.5, 0.6) is 0 Å². The molecule has 0 saturated carbocycles. The van der Waals surface area contributed by atoms with Crippen LogP contribution in [0.15, 0.2) is 91.1 Å². The van der Waals surface area contributed by atoms with E-state index < -0.39 is 13.4 Å². The maximum Gasteiger partial charge on any atom is 0.525 e. The van der Waals surface area contributed by atoms with Crippen LogP contribution in [0.3, 0.4) is 0 Å². The maximum absolute atomic E-state index is 11.5. The number of allylic oxidation sites excluding steroid dienone is 1. The zero-order chi connectivity index (χ0) is 18.3. The normalized spacial score (nSPS) is 11.8. The van der Waals surface area contributed by atoms with Gasteiger partial charge in [-0.05, 0) is 6.92 Å². The van der Waals surface area contributed by atoms with Gasteiger partial charge in [-0.2, -0.15) is 0 Å². The van der Waals surface area contributed by atoms with Crippen molar-refractivity contribution in [3.05, 3.63) is 102 Å². The fourth-order valence-corrected chi connectivity index (χ4v) is 2.91. The quantitative estimate of drug-likeness (QED) is 0.439. The van der Waals surface area contributed by atoms with Gasteiger partial charge < -0.3 is 9.26 Å². The summed E-state index contributed by atoms with van der Waals surface area (Å²) in [7, 11) is -4.85. The molecular weight excluding hydrogens is 339 g/mol. The molecule has 6 heteroatoms. The number of hydrogen-bond acceptors (Lipinski definition) is 3. The molecule has 0 spiro atoms. The molecule has 130 valence electrons. The van der Waals surface area contributed by atoms with Crippen molar-refractivity contribution >= 4 is 7.82 Å². The van der Waals surface area contributed by atoms with Gasteiger partial charge in [-0.1, -0.05) is 79.0 Å². The molecule has 0 unspecified atom stereocenters. The smallest absolute Gasteiger partial charge is 0.477 e. The van der Waals surface area contributed by atoms with Crippen molar-refractivity contribution in [2.24, 2.45) is 0 Å². The van der Waals surface area contributed by atoms with E-state index >= 15 is 0 Å². The standard InChI is InChI=1S/C19H19O5P/c1-3-15-23-19(16-11-7-5-8-12-16,17-13-9-6-10-14-17)18(4-2)24-25(20,21)22/h3,5-15H,2H2,1H3,(H2,20,21,22). The van der Waals surface area contributed by atoms with Crippen molar-refractivity contribution in [1.29, 1.82) is 0 Å². The topological polar surface area (TPSA) is 76.0 Å². The average molecular weight is 358 g/mol. The van der Waals surface area contributed by atoms with Crippen LogP contribution in [0.1, 0.15) is 18.1 Å². The molecule has 0 aromatic heterocycles. The lowest BCUT2D eigenvalue weighted by Gasteiger charge is -2.34. The summed E-state index contributed by atoms with van der Waals surface area (Å²) in [6.07, 6.45) is 3.10. The highest BCUT2D eigenvalue weighted by atomic mass is 31.2. The van der Waals surface area contributed by atoms with Crippen LogP contribution in [0, 0.1) is 0 Å². The van der Waals surface area contributed by atoms with Crippen LogP contribution in [-0.4, -0.2) is 9.79 Å². The van der Waals surface area contributed by atoms with Gasteiger partial charge in [0.25, 0.3) is 0 Å². The highest BCUT2D eigenvalue weighted by Gasteiger charge is 2.44. The van der Waals surface area contributed by atoms with E-state index in [9.17, 15) is 14.4 Å².